The van der Waals surface area contributed by atoms with Crippen molar-refractivity contribution in [1.29, 1.82) is 0 Å². The highest BCUT2D eigenvalue weighted by atomic mass is 35.5. The highest BCUT2D eigenvalue weighted by molar-refractivity contribution is 7.12. The van der Waals surface area contributed by atoms with Gasteiger partial charge in [0.2, 0.25) is 0 Å². The number of benzene rings is 1. The number of thiophene rings is 1. The van der Waals surface area contributed by atoms with E-state index in [2.05, 4.69) is 17.4 Å². The molecule has 1 nitrogen and oxygen atoms in total. The molecule has 1 aromatic heterocycles. The molecule has 1 unspecified atom stereocenters. The topological polar surface area (TPSA) is 12.0 Å². The Hall–Kier alpha value is -0.830. The van der Waals surface area contributed by atoms with Crippen molar-refractivity contribution in [2.75, 3.05) is 7.05 Å². The highest BCUT2D eigenvalue weighted by Crippen LogP contribution is 2.37. The van der Waals surface area contributed by atoms with E-state index in [-0.39, 0.29) is 6.04 Å². The van der Waals surface area contributed by atoms with Crippen LogP contribution in [0.15, 0.2) is 30.3 Å². The minimum atomic E-state index is 0.217. The SMILES string of the molecule is CNC(c1cc2c(s1)CCC2)c1ccccc1Cl. The Kier molecular flexibility index (Phi) is 3.42. The summed E-state index contributed by atoms with van der Waals surface area (Å²) >= 11 is 8.24. The molecule has 0 bridgehead atoms. The van der Waals surface area contributed by atoms with Gasteiger partial charge in [-0.1, -0.05) is 29.8 Å². The van der Waals surface area contributed by atoms with Gasteiger partial charge >= 0.3 is 0 Å². The van der Waals surface area contributed by atoms with E-state index in [9.17, 15) is 0 Å². The molecule has 0 fully saturated rings. The molecule has 0 radical (unpaired) electrons. The lowest BCUT2D eigenvalue weighted by molar-refractivity contribution is 0.703. The fraction of sp³-hybridized carbons (Fsp3) is 0.333. The first-order valence-electron chi connectivity index (χ1n) is 6.33. The van der Waals surface area contributed by atoms with Gasteiger partial charge in [0, 0.05) is 14.8 Å². The number of hydrogen-bond acceptors (Lipinski definition) is 2. The van der Waals surface area contributed by atoms with Gasteiger partial charge in [-0.2, -0.15) is 0 Å². The van der Waals surface area contributed by atoms with E-state index in [1.165, 1.54) is 29.7 Å². The molecule has 1 aliphatic rings. The minimum Gasteiger partial charge on any atom is -0.309 e. The summed E-state index contributed by atoms with van der Waals surface area (Å²) in [5, 5.41) is 4.23. The third-order valence-corrected chi connectivity index (χ3v) is 5.20. The zero-order chi connectivity index (χ0) is 12.5. The monoisotopic (exact) mass is 277 g/mol. The molecule has 0 spiro atoms. The maximum absolute atomic E-state index is 6.31. The Bertz CT molecular complexity index is 540. The predicted octanol–water partition coefficient (Wildman–Crippen LogP) is 4.20. The largest absolute Gasteiger partial charge is 0.309 e. The van der Waals surface area contributed by atoms with Crippen LogP contribution in [0.3, 0.4) is 0 Å². The summed E-state index contributed by atoms with van der Waals surface area (Å²) in [6.45, 7) is 0. The zero-order valence-electron chi connectivity index (χ0n) is 10.4. The van der Waals surface area contributed by atoms with Crippen molar-refractivity contribution in [3.05, 3.63) is 56.2 Å². The average molecular weight is 278 g/mol. The standard InChI is InChI=1S/C15H16ClNS/c1-17-15(11-6-2-3-7-12(11)16)14-9-10-5-4-8-13(10)18-14/h2-3,6-7,9,15,17H,4-5,8H2,1H3. The van der Waals surface area contributed by atoms with Crippen LogP contribution < -0.4 is 5.32 Å². The van der Waals surface area contributed by atoms with Crippen LogP contribution in [-0.2, 0) is 12.8 Å². The summed E-state index contributed by atoms with van der Waals surface area (Å²) in [7, 11) is 2.00. The molecule has 1 aliphatic carbocycles. The molecule has 1 aromatic carbocycles. The van der Waals surface area contributed by atoms with Crippen LogP contribution in [0, 0.1) is 0 Å². The maximum atomic E-state index is 6.31. The predicted molar refractivity (Wildman–Crippen MR) is 78.7 cm³/mol. The lowest BCUT2D eigenvalue weighted by Crippen LogP contribution is -2.16. The quantitative estimate of drug-likeness (QED) is 0.887. The van der Waals surface area contributed by atoms with Gasteiger partial charge in [-0.05, 0) is 49.6 Å². The van der Waals surface area contributed by atoms with Crippen molar-refractivity contribution in [3.63, 3.8) is 0 Å². The molecule has 1 N–H and O–H groups in total. The van der Waals surface area contributed by atoms with Gasteiger partial charge in [0.15, 0.2) is 0 Å². The third-order valence-electron chi connectivity index (χ3n) is 3.56. The van der Waals surface area contributed by atoms with Gasteiger partial charge in [-0.3, -0.25) is 0 Å². The first-order valence-corrected chi connectivity index (χ1v) is 7.52. The Morgan fingerprint density at radius 1 is 1.28 bits per heavy atom. The second kappa shape index (κ2) is 5.04. The Labute approximate surface area is 117 Å². The summed E-state index contributed by atoms with van der Waals surface area (Å²) in [5.74, 6) is 0. The molecule has 1 atom stereocenters. The number of aryl methyl sites for hydroxylation is 2. The Morgan fingerprint density at radius 3 is 2.83 bits per heavy atom. The molecule has 2 aromatic rings. The summed E-state index contributed by atoms with van der Waals surface area (Å²) < 4.78 is 0. The molecule has 0 amide bonds. The molecule has 0 aliphatic heterocycles. The number of nitrogens with one attached hydrogen (secondary N) is 1. The fourth-order valence-corrected chi connectivity index (χ4v) is 4.29. The second-order valence-electron chi connectivity index (χ2n) is 4.69. The van der Waals surface area contributed by atoms with Crippen molar-refractivity contribution in [2.24, 2.45) is 0 Å². The normalized spacial score (nSPS) is 15.7. The third kappa shape index (κ3) is 2.09. The van der Waals surface area contributed by atoms with E-state index < -0.39 is 0 Å². The number of hydrogen-bond donors (Lipinski definition) is 1. The van der Waals surface area contributed by atoms with Crippen LogP contribution in [0.5, 0.6) is 0 Å². The van der Waals surface area contributed by atoms with Gasteiger partial charge in [0.25, 0.3) is 0 Å². The van der Waals surface area contributed by atoms with Crippen LogP contribution >= 0.6 is 22.9 Å². The van der Waals surface area contributed by atoms with Crippen molar-refractivity contribution in [1.82, 2.24) is 5.32 Å². The van der Waals surface area contributed by atoms with E-state index in [4.69, 9.17) is 11.6 Å². The lowest BCUT2D eigenvalue weighted by Gasteiger charge is -2.16. The molecule has 0 saturated heterocycles. The van der Waals surface area contributed by atoms with Gasteiger partial charge in [-0.15, -0.1) is 11.3 Å². The Morgan fingerprint density at radius 2 is 2.11 bits per heavy atom. The number of fused-ring (bicyclic) bond motifs is 1. The van der Waals surface area contributed by atoms with Crippen molar-refractivity contribution < 1.29 is 0 Å². The van der Waals surface area contributed by atoms with Crippen molar-refractivity contribution in [3.8, 4) is 0 Å². The van der Waals surface area contributed by atoms with Crippen molar-refractivity contribution >= 4 is 22.9 Å². The van der Waals surface area contributed by atoms with E-state index >= 15 is 0 Å². The first kappa shape index (κ1) is 12.2. The van der Waals surface area contributed by atoms with Gasteiger partial charge in [-0.25, -0.2) is 0 Å². The van der Waals surface area contributed by atoms with Gasteiger partial charge in [0.05, 0.1) is 6.04 Å². The number of halogens is 1. The average Bonchev–Trinajstić information content (AvgIpc) is 2.93. The molecular formula is C15H16ClNS. The van der Waals surface area contributed by atoms with Crippen LogP contribution in [0.1, 0.15) is 33.3 Å². The molecule has 18 heavy (non-hydrogen) atoms. The van der Waals surface area contributed by atoms with E-state index in [0.29, 0.717) is 0 Å². The van der Waals surface area contributed by atoms with Crippen LogP contribution in [-0.4, -0.2) is 7.05 Å². The zero-order valence-corrected chi connectivity index (χ0v) is 11.9. The first-order chi connectivity index (χ1) is 8.79. The molecular weight excluding hydrogens is 262 g/mol. The smallest absolute Gasteiger partial charge is 0.0683 e. The molecule has 94 valence electrons. The summed E-state index contributed by atoms with van der Waals surface area (Å²) in [4.78, 5) is 2.95. The fourth-order valence-electron chi connectivity index (χ4n) is 2.65. The summed E-state index contributed by atoms with van der Waals surface area (Å²) in [5.41, 5.74) is 2.71. The van der Waals surface area contributed by atoms with E-state index in [1.807, 2.05) is 36.6 Å². The molecule has 0 saturated carbocycles. The molecule has 1 heterocycles. The summed E-state index contributed by atoms with van der Waals surface area (Å²) in [6.07, 6.45) is 3.81. The van der Waals surface area contributed by atoms with E-state index in [0.717, 1.165) is 5.02 Å². The van der Waals surface area contributed by atoms with E-state index in [1.54, 1.807) is 10.4 Å². The van der Waals surface area contributed by atoms with Crippen molar-refractivity contribution in [2.45, 2.75) is 25.3 Å². The second-order valence-corrected chi connectivity index (χ2v) is 6.27. The van der Waals surface area contributed by atoms with Crippen LogP contribution in [0.4, 0.5) is 0 Å². The van der Waals surface area contributed by atoms with Crippen LogP contribution in [0.2, 0.25) is 5.02 Å². The summed E-state index contributed by atoms with van der Waals surface area (Å²) in [6, 6.07) is 10.7. The minimum absolute atomic E-state index is 0.217. The molecule has 3 heteroatoms. The van der Waals surface area contributed by atoms with Crippen LogP contribution in [0.25, 0.3) is 0 Å². The van der Waals surface area contributed by atoms with Gasteiger partial charge in [0.1, 0.15) is 0 Å². The maximum Gasteiger partial charge on any atom is 0.0683 e. The number of rotatable bonds is 3. The highest BCUT2D eigenvalue weighted by Gasteiger charge is 2.21. The lowest BCUT2D eigenvalue weighted by atomic mass is 10.0. The van der Waals surface area contributed by atoms with Gasteiger partial charge < -0.3 is 5.32 Å². The molecule has 3 rings (SSSR count). The Balaban J connectivity index is 1.99.